The average molecular weight is 221 g/mol. The molecule has 0 unspecified atom stereocenters. The van der Waals surface area contributed by atoms with Crippen molar-refractivity contribution in [3.63, 3.8) is 0 Å². The molecule has 1 atom stereocenters. The second-order valence-electron chi connectivity index (χ2n) is 5.23. The van der Waals surface area contributed by atoms with E-state index >= 15 is 0 Å². The highest BCUT2D eigenvalue weighted by Gasteiger charge is 2.13. The molecule has 0 radical (unpaired) electrons. The summed E-state index contributed by atoms with van der Waals surface area (Å²) in [5.41, 5.74) is 2.89. The van der Waals surface area contributed by atoms with Crippen molar-refractivity contribution in [1.82, 2.24) is 5.32 Å². The van der Waals surface area contributed by atoms with Crippen molar-refractivity contribution in [2.45, 2.75) is 39.2 Å². The van der Waals surface area contributed by atoms with Gasteiger partial charge in [-0.3, -0.25) is 5.32 Å². The summed E-state index contributed by atoms with van der Waals surface area (Å²) in [6.45, 7) is 9.42. The Labute approximate surface area is 99.0 Å². The lowest BCUT2D eigenvalue weighted by molar-refractivity contribution is 0.165. The third kappa shape index (κ3) is 3.62. The van der Waals surface area contributed by atoms with Crippen LogP contribution in [0.15, 0.2) is 24.3 Å². The first-order chi connectivity index (χ1) is 7.45. The van der Waals surface area contributed by atoms with Crippen molar-refractivity contribution in [3.05, 3.63) is 35.4 Å². The third-order valence-corrected chi connectivity index (χ3v) is 2.81. The summed E-state index contributed by atoms with van der Waals surface area (Å²) in [4.78, 5) is 0. The lowest BCUT2D eigenvalue weighted by atomic mass is 9.86. The van der Waals surface area contributed by atoms with Crippen LogP contribution in [0.4, 0.5) is 0 Å². The summed E-state index contributed by atoms with van der Waals surface area (Å²) in [6.07, 6.45) is 0. The fourth-order valence-electron chi connectivity index (χ4n) is 1.60. The van der Waals surface area contributed by atoms with Gasteiger partial charge in [-0.1, -0.05) is 45.0 Å². The smallest absolute Gasteiger partial charge is 0.0966 e. The lowest BCUT2D eigenvalue weighted by Gasteiger charge is -2.20. The molecule has 0 heterocycles. The third-order valence-electron chi connectivity index (χ3n) is 2.81. The van der Waals surface area contributed by atoms with Crippen LogP contribution >= 0.6 is 0 Å². The molecule has 2 nitrogen and oxygen atoms in total. The summed E-state index contributed by atoms with van der Waals surface area (Å²) < 4.78 is 5.00. The highest BCUT2D eigenvalue weighted by atomic mass is 16.5. The Bertz CT molecular complexity index is 311. The summed E-state index contributed by atoms with van der Waals surface area (Å²) in [5, 5.41) is 3.28. The number of ether oxygens (including phenoxy) is 1. The van der Waals surface area contributed by atoms with E-state index in [0.29, 0.717) is 12.8 Å². The van der Waals surface area contributed by atoms with Crippen molar-refractivity contribution < 1.29 is 4.74 Å². The molecule has 0 amide bonds. The predicted molar refractivity (Wildman–Crippen MR) is 68.6 cm³/mol. The van der Waals surface area contributed by atoms with Gasteiger partial charge < -0.3 is 4.74 Å². The van der Waals surface area contributed by atoms with E-state index in [2.05, 4.69) is 57.3 Å². The Kier molecular flexibility index (Phi) is 4.51. The van der Waals surface area contributed by atoms with E-state index in [1.807, 2.05) is 0 Å². The van der Waals surface area contributed by atoms with Gasteiger partial charge in [0, 0.05) is 13.2 Å². The highest BCUT2D eigenvalue weighted by molar-refractivity contribution is 5.28. The minimum atomic E-state index is 0.224. The van der Waals surface area contributed by atoms with Crippen molar-refractivity contribution in [1.29, 1.82) is 0 Å². The van der Waals surface area contributed by atoms with Crippen molar-refractivity contribution in [3.8, 4) is 0 Å². The van der Waals surface area contributed by atoms with Crippen LogP contribution in [-0.2, 0) is 10.2 Å². The van der Waals surface area contributed by atoms with Crippen LogP contribution in [0, 0.1) is 0 Å². The zero-order valence-electron chi connectivity index (χ0n) is 11.0. The Morgan fingerprint density at radius 2 is 1.75 bits per heavy atom. The molecule has 1 rings (SSSR count). The van der Waals surface area contributed by atoms with Crippen molar-refractivity contribution in [2.24, 2.45) is 0 Å². The maximum Gasteiger partial charge on any atom is 0.0966 e. The van der Waals surface area contributed by atoms with E-state index in [0.717, 1.165) is 0 Å². The minimum Gasteiger partial charge on any atom is -0.370 e. The monoisotopic (exact) mass is 221 g/mol. The molecule has 0 spiro atoms. The number of nitrogens with one attached hydrogen (secondary N) is 1. The quantitative estimate of drug-likeness (QED) is 0.788. The van der Waals surface area contributed by atoms with Gasteiger partial charge in [-0.05, 0) is 23.5 Å². The molecule has 0 saturated carbocycles. The zero-order valence-corrected chi connectivity index (χ0v) is 11.0. The van der Waals surface area contributed by atoms with Gasteiger partial charge in [0.05, 0.1) is 6.73 Å². The fourth-order valence-corrected chi connectivity index (χ4v) is 1.60. The number of hydrogen-bond donors (Lipinski definition) is 1. The first-order valence-electron chi connectivity index (χ1n) is 5.78. The molecule has 0 aliphatic heterocycles. The average Bonchev–Trinajstić information content (AvgIpc) is 2.25. The standard InChI is InChI=1S/C14H23NO/c1-11(15-10-16-5)12-6-8-13(9-7-12)14(2,3)4/h6-9,11,15H,10H2,1-5H3/t11-/m0/s1. The fraction of sp³-hybridized carbons (Fsp3) is 0.571. The topological polar surface area (TPSA) is 21.3 Å². The molecule has 0 aliphatic carbocycles. The largest absolute Gasteiger partial charge is 0.370 e. The van der Waals surface area contributed by atoms with Crippen LogP contribution in [-0.4, -0.2) is 13.8 Å². The van der Waals surface area contributed by atoms with Gasteiger partial charge in [-0.2, -0.15) is 0 Å². The van der Waals surface area contributed by atoms with Gasteiger partial charge in [-0.15, -0.1) is 0 Å². The molecule has 90 valence electrons. The summed E-state index contributed by atoms with van der Waals surface area (Å²) in [5.74, 6) is 0. The molecular formula is C14H23NO. The van der Waals surface area contributed by atoms with Gasteiger partial charge >= 0.3 is 0 Å². The van der Waals surface area contributed by atoms with E-state index in [4.69, 9.17) is 4.74 Å². The van der Waals surface area contributed by atoms with E-state index < -0.39 is 0 Å². The van der Waals surface area contributed by atoms with Crippen LogP contribution in [0.5, 0.6) is 0 Å². The Morgan fingerprint density at radius 1 is 1.19 bits per heavy atom. The molecule has 0 fully saturated rings. The van der Waals surface area contributed by atoms with Crippen molar-refractivity contribution in [2.75, 3.05) is 13.8 Å². The van der Waals surface area contributed by atoms with Crippen molar-refractivity contribution >= 4 is 0 Å². The highest BCUT2D eigenvalue weighted by Crippen LogP contribution is 2.23. The number of methoxy groups -OCH3 is 1. The number of benzene rings is 1. The van der Waals surface area contributed by atoms with Crippen LogP contribution in [0.25, 0.3) is 0 Å². The van der Waals surface area contributed by atoms with E-state index in [9.17, 15) is 0 Å². The van der Waals surface area contributed by atoms with Gasteiger partial charge in [0.1, 0.15) is 0 Å². The molecule has 16 heavy (non-hydrogen) atoms. The molecule has 0 saturated heterocycles. The van der Waals surface area contributed by atoms with Gasteiger partial charge in [0.15, 0.2) is 0 Å². The second-order valence-corrected chi connectivity index (χ2v) is 5.23. The normalized spacial score (nSPS) is 13.8. The zero-order chi connectivity index (χ0) is 12.2. The van der Waals surface area contributed by atoms with Crippen LogP contribution in [0.3, 0.4) is 0 Å². The maximum atomic E-state index is 5.00. The molecule has 1 aromatic carbocycles. The molecule has 2 heteroatoms. The predicted octanol–water partition coefficient (Wildman–Crippen LogP) is 3.24. The molecule has 1 aromatic rings. The summed E-state index contributed by atoms with van der Waals surface area (Å²) in [7, 11) is 1.70. The van der Waals surface area contributed by atoms with Crippen LogP contribution < -0.4 is 5.32 Å². The summed E-state index contributed by atoms with van der Waals surface area (Å²) in [6, 6.07) is 9.12. The van der Waals surface area contributed by atoms with Gasteiger partial charge in [0.2, 0.25) is 0 Å². The number of rotatable bonds is 4. The molecule has 0 aromatic heterocycles. The molecule has 0 aliphatic rings. The molecule has 0 bridgehead atoms. The molecular weight excluding hydrogens is 198 g/mol. The Balaban J connectivity index is 2.71. The SMILES string of the molecule is COCN[C@@H](C)c1ccc(C(C)(C)C)cc1. The minimum absolute atomic E-state index is 0.224. The molecule has 1 N–H and O–H groups in total. The maximum absolute atomic E-state index is 5.00. The first-order valence-corrected chi connectivity index (χ1v) is 5.78. The van der Waals surface area contributed by atoms with Gasteiger partial charge in [-0.25, -0.2) is 0 Å². The van der Waals surface area contributed by atoms with E-state index in [-0.39, 0.29) is 5.41 Å². The Hall–Kier alpha value is -0.860. The van der Waals surface area contributed by atoms with E-state index in [1.165, 1.54) is 11.1 Å². The summed E-state index contributed by atoms with van der Waals surface area (Å²) >= 11 is 0. The van der Waals surface area contributed by atoms with Gasteiger partial charge in [0.25, 0.3) is 0 Å². The van der Waals surface area contributed by atoms with E-state index in [1.54, 1.807) is 7.11 Å². The number of hydrogen-bond acceptors (Lipinski definition) is 2. The van der Waals surface area contributed by atoms with Crippen LogP contribution in [0.1, 0.15) is 44.9 Å². The Morgan fingerprint density at radius 3 is 2.19 bits per heavy atom. The lowest BCUT2D eigenvalue weighted by Crippen LogP contribution is -2.21. The second kappa shape index (κ2) is 5.46. The first kappa shape index (κ1) is 13.2. The van der Waals surface area contributed by atoms with Crippen LogP contribution in [0.2, 0.25) is 0 Å².